The van der Waals surface area contributed by atoms with Crippen molar-refractivity contribution in [2.45, 2.75) is 25.9 Å². The van der Waals surface area contributed by atoms with Crippen LogP contribution in [0.5, 0.6) is 0 Å². The van der Waals surface area contributed by atoms with E-state index in [2.05, 4.69) is 0 Å². The molecule has 0 aliphatic carbocycles. The van der Waals surface area contributed by atoms with E-state index < -0.39 is 0 Å². The van der Waals surface area contributed by atoms with Crippen molar-refractivity contribution in [3.63, 3.8) is 0 Å². The molecule has 2 fully saturated rings. The molecule has 0 radical (unpaired) electrons. The predicted molar refractivity (Wildman–Crippen MR) is 92.2 cm³/mol. The van der Waals surface area contributed by atoms with Crippen molar-refractivity contribution in [1.29, 1.82) is 0 Å². The van der Waals surface area contributed by atoms with Gasteiger partial charge in [0.05, 0.1) is 0 Å². The lowest BCUT2D eigenvalue weighted by Crippen LogP contribution is -2.52. The quantitative estimate of drug-likeness (QED) is 0.788. The lowest BCUT2D eigenvalue weighted by molar-refractivity contribution is -0.144. The Morgan fingerprint density at radius 1 is 1.16 bits per heavy atom. The third kappa shape index (κ3) is 4.07. The van der Waals surface area contributed by atoms with Crippen LogP contribution in [-0.4, -0.2) is 60.5 Å². The normalized spacial score (nSPS) is 21.5. The maximum Gasteiger partial charge on any atom is 0.251 e. The highest BCUT2D eigenvalue weighted by Crippen LogP contribution is 2.19. The molecule has 3 rings (SSSR count). The summed E-state index contributed by atoms with van der Waals surface area (Å²) in [6.07, 6.45) is 2.86. The molecule has 1 aromatic carbocycles. The van der Waals surface area contributed by atoms with Gasteiger partial charge in [0.15, 0.2) is 0 Å². The molecule has 0 bridgehead atoms. The van der Waals surface area contributed by atoms with Gasteiger partial charge < -0.3 is 14.5 Å². The number of nitrogens with zero attached hydrogens (tertiary/aromatic N) is 2. The molecule has 25 heavy (non-hydrogen) atoms. The summed E-state index contributed by atoms with van der Waals surface area (Å²) in [7, 11) is 0. The van der Waals surface area contributed by atoms with Crippen molar-refractivity contribution in [2.75, 3.05) is 32.8 Å². The van der Waals surface area contributed by atoms with E-state index >= 15 is 0 Å². The van der Waals surface area contributed by atoms with Gasteiger partial charge in [-0.05, 0) is 31.4 Å². The molecule has 0 spiro atoms. The minimum absolute atomic E-state index is 0.0303. The molecule has 134 valence electrons. The number of piperazine rings is 1. The largest absolute Gasteiger partial charge is 0.368 e. The summed E-state index contributed by atoms with van der Waals surface area (Å²) in [5, 5.41) is 0. The second kappa shape index (κ2) is 7.78. The number of carbonyl (C=O) groups is 2. The van der Waals surface area contributed by atoms with Gasteiger partial charge in [0.25, 0.3) is 5.91 Å². The van der Waals surface area contributed by atoms with Crippen LogP contribution in [0.3, 0.4) is 0 Å². The van der Waals surface area contributed by atoms with Crippen molar-refractivity contribution in [3.8, 4) is 0 Å². The Morgan fingerprint density at radius 2 is 1.84 bits per heavy atom. The zero-order valence-corrected chi connectivity index (χ0v) is 14.4. The van der Waals surface area contributed by atoms with Gasteiger partial charge in [-0.15, -0.1) is 0 Å². The zero-order chi connectivity index (χ0) is 17.8. The summed E-state index contributed by atoms with van der Waals surface area (Å²) in [5.41, 5.74) is 1.03. The van der Waals surface area contributed by atoms with Crippen LogP contribution in [0.25, 0.3) is 5.57 Å². The SMILES string of the molecule is CC(=CC(=O)N1CCN(C(=O)C2CCCO2)CC1)c1ccccc1F. The number of halogens is 1. The molecule has 2 aliphatic rings. The van der Waals surface area contributed by atoms with Gasteiger partial charge in [0.1, 0.15) is 11.9 Å². The Kier molecular flexibility index (Phi) is 5.48. The molecule has 2 saturated heterocycles. The summed E-state index contributed by atoms with van der Waals surface area (Å²) in [4.78, 5) is 28.2. The summed E-state index contributed by atoms with van der Waals surface area (Å²) in [5.74, 6) is -0.455. The molecular formula is C19H23FN2O3. The minimum Gasteiger partial charge on any atom is -0.368 e. The third-order valence-corrected chi connectivity index (χ3v) is 4.75. The number of ether oxygens (including phenoxy) is 1. The summed E-state index contributed by atoms with van der Waals surface area (Å²) in [6, 6.07) is 6.41. The lowest BCUT2D eigenvalue weighted by Gasteiger charge is -2.35. The van der Waals surface area contributed by atoms with Crippen LogP contribution in [0.15, 0.2) is 30.3 Å². The second-order valence-electron chi connectivity index (χ2n) is 6.46. The molecular weight excluding hydrogens is 323 g/mol. The number of amides is 2. The van der Waals surface area contributed by atoms with Crippen molar-refractivity contribution in [1.82, 2.24) is 9.80 Å². The molecule has 2 aliphatic heterocycles. The lowest BCUT2D eigenvalue weighted by atomic mass is 10.1. The first-order valence-corrected chi connectivity index (χ1v) is 8.69. The summed E-state index contributed by atoms with van der Waals surface area (Å²) >= 11 is 0. The Morgan fingerprint density at radius 3 is 2.48 bits per heavy atom. The number of benzene rings is 1. The topological polar surface area (TPSA) is 49.9 Å². The first-order valence-electron chi connectivity index (χ1n) is 8.69. The molecule has 0 N–H and O–H groups in total. The van der Waals surface area contributed by atoms with Crippen LogP contribution < -0.4 is 0 Å². The Labute approximate surface area is 147 Å². The fourth-order valence-corrected chi connectivity index (χ4v) is 3.26. The average molecular weight is 346 g/mol. The van der Waals surface area contributed by atoms with E-state index in [-0.39, 0.29) is 23.7 Å². The number of rotatable bonds is 3. The van der Waals surface area contributed by atoms with E-state index in [0.717, 1.165) is 12.8 Å². The van der Waals surface area contributed by atoms with Crippen molar-refractivity contribution < 1.29 is 18.7 Å². The number of carbonyl (C=O) groups excluding carboxylic acids is 2. The van der Waals surface area contributed by atoms with E-state index in [9.17, 15) is 14.0 Å². The van der Waals surface area contributed by atoms with Gasteiger partial charge in [-0.2, -0.15) is 0 Å². The van der Waals surface area contributed by atoms with Crippen LogP contribution in [0, 0.1) is 5.82 Å². The molecule has 2 heterocycles. The van der Waals surface area contributed by atoms with Gasteiger partial charge in [-0.1, -0.05) is 18.2 Å². The smallest absolute Gasteiger partial charge is 0.251 e. The second-order valence-corrected chi connectivity index (χ2v) is 6.46. The maximum atomic E-state index is 13.8. The molecule has 1 aromatic rings. The molecule has 6 heteroatoms. The molecule has 1 atom stereocenters. The van der Waals surface area contributed by atoms with Crippen LogP contribution in [0.1, 0.15) is 25.3 Å². The monoisotopic (exact) mass is 346 g/mol. The highest BCUT2D eigenvalue weighted by molar-refractivity contribution is 5.95. The van der Waals surface area contributed by atoms with Crippen LogP contribution >= 0.6 is 0 Å². The van der Waals surface area contributed by atoms with Crippen molar-refractivity contribution in [2.24, 2.45) is 0 Å². The van der Waals surface area contributed by atoms with Crippen LogP contribution in [-0.2, 0) is 14.3 Å². The number of hydrogen-bond acceptors (Lipinski definition) is 3. The van der Waals surface area contributed by atoms with Crippen LogP contribution in [0.2, 0.25) is 0 Å². The van der Waals surface area contributed by atoms with E-state index in [0.29, 0.717) is 43.9 Å². The number of allylic oxidation sites excluding steroid dienone is 1. The third-order valence-electron chi connectivity index (χ3n) is 4.75. The fourth-order valence-electron chi connectivity index (χ4n) is 3.26. The predicted octanol–water partition coefficient (Wildman–Crippen LogP) is 2.08. The van der Waals surface area contributed by atoms with Gasteiger partial charge in [0.2, 0.25) is 5.91 Å². The van der Waals surface area contributed by atoms with Crippen LogP contribution in [0.4, 0.5) is 4.39 Å². The molecule has 0 aromatic heterocycles. The van der Waals surface area contributed by atoms with Crippen molar-refractivity contribution >= 4 is 17.4 Å². The van der Waals surface area contributed by atoms with Gasteiger partial charge in [0, 0.05) is 44.4 Å². The van der Waals surface area contributed by atoms with E-state index in [1.165, 1.54) is 12.1 Å². The highest BCUT2D eigenvalue weighted by atomic mass is 19.1. The highest BCUT2D eigenvalue weighted by Gasteiger charge is 2.31. The first kappa shape index (κ1) is 17.6. The maximum absolute atomic E-state index is 13.8. The first-order chi connectivity index (χ1) is 12.1. The van der Waals surface area contributed by atoms with E-state index in [4.69, 9.17) is 4.74 Å². The molecule has 0 saturated carbocycles. The standard InChI is InChI=1S/C19H23FN2O3/c1-14(15-5-2-3-6-16(15)20)13-18(23)21-8-10-22(11-9-21)19(24)17-7-4-12-25-17/h2-3,5-6,13,17H,4,7-12H2,1H3. The molecule has 1 unspecified atom stereocenters. The minimum atomic E-state index is -0.337. The number of hydrogen-bond donors (Lipinski definition) is 0. The van der Waals surface area contributed by atoms with Crippen molar-refractivity contribution in [3.05, 3.63) is 41.7 Å². The molecule has 2 amide bonds. The Balaban J connectivity index is 1.57. The van der Waals surface area contributed by atoms with E-state index in [1.54, 1.807) is 34.9 Å². The van der Waals surface area contributed by atoms with E-state index in [1.807, 2.05) is 0 Å². The average Bonchev–Trinajstić information content (AvgIpc) is 3.16. The fraction of sp³-hybridized carbons (Fsp3) is 0.474. The van der Waals surface area contributed by atoms with Gasteiger partial charge in [-0.25, -0.2) is 4.39 Å². The Hall–Kier alpha value is -2.21. The molecule has 5 nitrogen and oxygen atoms in total. The Bertz CT molecular complexity index is 675. The summed E-state index contributed by atoms with van der Waals surface area (Å²) in [6.45, 7) is 4.37. The summed E-state index contributed by atoms with van der Waals surface area (Å²) < 4.78 is 19.2. The van der Waals surface area contributed by atoms with Gasteiger partial charge in [-0.3, -0.25) is 9.59 Å². The zero-order valence-electron chi connectivity index (χ0n) is 14.4. The van der Waals surface area contributed by atoms with Gasteiger partial charge >= 0.3 is 0 Å².